The number of amides is 1. The van der Waals surface area contributed by atoms with Gasteiger partial charge in [0, 0.05) is 13.0 Å². The first-order valence-electron chi connectivity index (χ1n) is 10.6. The van der Waals surface area contributed by atoms with Gasteiger partial charge in [-0.3, -0.25) is 4.79 Å². The molecule has 0 aliphatic carbocycles. The second-order valence-corrected chi connectivity index (χ2v) is 7.20. The van der Waals surface area contributed by atoms with Gasteiger partial charge in [0.25, 0.3) is 0 Å². The summed E-state index contributed by atoms with van der Waals surface area (Å²) < 4.78 is 0. The summed E-state index contributed by atoms with van der Waals surface area (Å²) in [5, 5.41) is 21.6. The molecule has 4 nitrogen and oxygen atoms in total. The molecule has 0 aliphatic rings. The number of nitrogens with one attached hydrogen (secondary N) is 1. The zero-order valence-corrected chi connectivity index (χ0v) is 16.9. The number of rotatable bonds is 15. The molecule has 1 rings (SSSR count). The summed E-state index contributed by atoms with van der Waals surface area (Å²) in [5.41, 5.74) is 0.894. The molecule has 152 valence electrons. The van der Waals surface area contributed by atoms with Crippen LogP contribution in [0.15, 0.2) is 30.4 Å². The van der Waals surface area contributed by atoms with Gasteiger partial charge in [-0.05, 0) is 56.2 Å². The van der Waals surface area contributed by atoms with Crippen molar-refractivity contribution in [2.45, 2.75) is 84.0 Å². The van der Waals surface area contributed by atoms with Gasteiger partial charge in [0.05, 0.1) is 0 Å². The number of unbranched alkanes of at least 4 members (excludes halogenated alkanes) is 8. The van der Waals surface area contributed by atoms with Gasteiger partial charge in [-0.1, -0.05) is 57.2 Å². The Morgan fingerprint density at radius 1 is 0.926 bits per heavy atom. The molecule has 0 bridgehead atoms. The number of hydrogen-bond acceptors (Lipinski definition) is 3. The molecule has 0 unspecified atom stereocenters. The van der Waals surface area contributed by atoms with E-state index in [-0.39, 0.29) is 17.4 Å². The van der Waals surface area contributed by atoms with Crippen LogP contribution < -0.4 is 5.32 Å². The van der Waals surface area contributed by atoms with E-state index >= 15 is 0 Å². The Morgan fingerprint density at radius 2 is 1.59 bits per heavy atom. The standard InChI is InChI=1S/C23H37NO3/c1-2-3-4-5-6-7-8-9-10-11-12-13-14-23(27)24-18-17-20-15-16-21(25)22(26)19-20/h6-7,15-16,19,25-26H,2-5,8-14,17-18H2,1H3,(H,24,27)/b7-6-. The largest absolute Gasteiger partial charge is 0.504 e. The maximum absolute atomic E-state index is 11.8. The molecule has 0 saturated carbocycles. The van der Waals surface area contributed by atoms with E-state index in [1.807, 2.05) is 0 Å². The molecular weight excluding hydrogens is 338 g/mol. The van der Waals surface area contributed by atoms with Crippen molar-refractivity contribution in [2.24, 2.45) is 0 Å². The fraction of sp³-hybridized carbons (Fsp3) is 0.609. The van der Waals surface area contributed by atoms with Crippen molar-refractivity contribution in [3.63, 3.8) is 0 Å². The Kier molecular flexibility index (Phi) is 12.9. The van der Waals surface area contributed by atoms with E-state index in [9.17, 15) is 15.0 Å². The lowest BCUT2D eigenvalue weighted by Gasteiger charge is -2.06. The van der Waals surface area contributed by atoms with E-state index in [2.05, 4.69) is 24.4 Å². The lowest BCUT2D eigenvalue weighted by atomic mass is 10.1. The Labute approximate surface area is 164 Å². The molecule has 3 N–H and O–H groups in total. The first kappa shape index (κ1) is 23.1. The highest BCUT2D eigenvalue weighted by Gasteiger charge is 2.03. The molecule has 0 spiro atoms. The van der Waals surface area contributed by atoms with Gasteiger partial charge >= 0.3 is 0 Å². The van der Waals surface area contributed by atoms with Crippen LogP contribution in [0, 0.1) is 0 Å². The Hall–Kier alpha value is -1.97. The van der Waals surface area contributed by atoms with Gasteiger partial charge in [-0.25, -0.2) is 0 Å². The van der Waals surface area contributed by atoms with Gasteiger partial charge in [-0.2, -0.15) is 0 Å². The van der Waals surface area contributed by atoms with Crippen molar-refractivity contribution in [3.8, 4) is 11.5 Å². The van der Waals surface area contributed by atoms with E-state index in [0.717, 1.165) is 18.4 Å². The number of allylic oxidation sites excluding steroid dienone is 2. The highest BCUT2D eigenvalue weighted by atomic mass is 16.3. The summed E-state index contributed by atoms with van der Waals surface area (Å²) in [4.78, 5) is 11.8. The highest BCUT2D eigenvalue weighted by Crippen LogP contribution is 2.24. The van der Waals surface area contributed by atoms with Gasteiger partial charge < -0.3 is 15.5 Å². The third kappa shape index (κ3) is 12.1. The minimum absolute atomic E-state index is 0.0908. The number of benzene rings is 1. The van der Waals surface area contributed by atoms with Crippen LogP contribution in [0.4, 0.5) is 0 Å². The van der Waals surface area contributed by atoms with Crippen LogP contribution in [0.2, 0.25) is 0 Å². The van der Waals surface area contributed by atoms with E-state index in [1.54, 1.807) is 6.07 Å². The van der Waals surface area contributed by atoms with Crippen molar-refractivity contribution < 1.29 is 15.0 Å². The molecule has 4 heteroatoms. The first-order valence-corrected chi connectivity index (χ1v) is 10.6. The third-order valence-electron chi connectivity index (χ3n) is 4.69. The Morgan fingerprint density at radius 3 is 2.30 bits per heavy atom. The maximum atomic E-state index is 11.8. The molecular formula is C23H37NO3. The summed E-state index contributed by atoms with van der Waals surface area (Å²) in [6, 6.07) is 4.75. The molecule has 0 aromatic heterocycles. The second-order valence-electron chi connectivity index (χ2n) is 7.20. The predicted octanol–water partition coefficient (Wildman–Crippen LogP) is 5.62. The lowest BCUT2D eigenvalue weighted by molar-refractivity contribution is -0.121. The zero-order chi connectivity index (χ0) is 19.7. The summed E-state index contributed by atoms with van der Waals surface area (Å²) in [6.45, 7) is 2.78. The molecule has 0 fully saturated rings. The third-order valence-corrected chi connectivity index (χ3v) is 4.69. The molecule has 27 heavy (non-hydrogen) atoms. The van der Waals surface area contributed by atoms with Gasteiger partial charge in [-0.15, -0.1) is 0 Å². The normalized spacial score (nSPS) is 11.1. The van der Waals surface area contributed by atoms with Crippen molar-refractivity contribution >= 4 is 5.91 Å². The quantitative estimate of drug-likeness (QED) is 0.211. The van der Waals surface area contributed by atoms with E-state index in [4.69, 9.17) is 0 Å². The Bertz CT molecular complexity index is 555. The van der Waals surface area contributed by atoms with Crippen molar-refractivity contribution in [1.82, 2.24) is 5.32 Å². The van der Waals surface area contributed by atoms with Crippen LogP contribution in [0.5, 0.6) is 11.5 Å². The van der Waals surface area contributed by atoms with Crippen LogP contribution in [0.1, 0.15) is 83.1 Å². The summed E-state index contributed by atoms with van der Waals surface area (Å²) in [5.74, 6) is -0.149. The molecule has 0 radical (unpaired) electrons. The van der Waals surface area contributed by atoms with Crippen LogP contribution in [-0.2, 0) is 11.2 Å². The predicted molar refractivity (Wildman–Crippen MR) is 112 cm³/mol. The first-order chi connectivity index (χ1) is 13.1. The van der Waals surface area contributed by atoms with Crippen LogP contribution in [0.25, 0.3) is 0 Å². The number of aromatic hydroxyl groups is 2. The number of hydrogen-bond donors (Lipinski definition) is 3. The smallest absolute Gasteiger partial charge is 0.220 e. The second kappa shape index (κ2) is 15.1. The zero-order valence-electron chi connectivity index (χ0n) is 16.9. The summed E-state index contributed by atoms with van der Waals surface area (Å²) in [7, 11) is 0. The molecule has 0 heterocycles. The van der Waals surface area contributed by atoms with Crippen molar-refractivity contribution in [3.05, 3.63) is 35.9 Å². The van der Waals surface area contributed by atoms with Crippen molar-refractivity contribution in [1.29, 1.82) is 0 Å². The van der Waals surface area contributed by atoms with Gasteiger partial charge in [0.15, 0.2) is 11.5 Å². The number of phenolic OH excluding ortho intramolecular Hbond substituents is 2. The average molecular weight is 376 g/mol. The molecule has 0 aliphatic heterocycles. The highest BCUT2D eigenvalue weighted by molar-refractivity contribution is 5.75. The number of phenols is 2. The molecule has 0 atom stereocenters. The fourth-order valence-electron chi connectivity index (χ4n) is 2.99. The molecule has 0 saturated heterocycles. The minimum atomic E-state index is -0.120. The topological polar surface area (TPSA) is 69.6 Å². The maximum Gasteiger partial charge on any atom is 0.220 e. The number of carbonyl (C=O) groups excluding carboxylic acids is 1. The van der Waals surface area contributed by atoms with Crippen LogP contribution >= 0.6 is 0 Å². The fourth-order valence-corrected chi connectivity index (χ4v) is 2.99. The average Bonchev–Trinajstić information content (AvgIpc) is 2.65. The number of carbonyl (C=O) groups is 1. The van der Waals surface area contributed by atoms with Crippen molar-refractivity contribution in [2.75, 3.05) is 6.54 Å². The van der Waals surface area contributed by atoms with E-state index in [0.29, 0.717) is 19.4 Å². The lowest BCUT2D eigenvalue weighted by Crippen LogP contribution is -2.25. The Balaban J connectivity index is 1.93. The molecule has 1 amide bonds. The van der Waals surface area contributed by atoms with Gasteiger partial charge in [0.1, 0.15) is 0 Å². The SMILES string of the molecule is CCCCC/C=C\CCCCCCCC(=O)NCCc1ccc(O)c(O)c1. The van der Waals surface area contributed by atoms with E-state index in [1.165, 1.54) is 63.5 Å². The van der Waals surface area contributed by atoms with E-state index < -0.39 is 0 Å². The minimum Gasteiger partial charge on any atom is -0.504 e. The van der Waals surface area contributed by atoms with Crippen LogP contribution in [0.3, 0.4) is 0 Å². The summed E-state index contributed by atoms with van der Waals surface area (Å²) >= 11 is 0. The van der Waals surface area contributed by atoms with Gasteiger partial charge in [0.2, 0.25) is 5.91 Å². The monoisotopic (exact) mass is 375 g/mol. The molecule has 1 aromatic carbocycles. The molecule has 1 aromatic rings. The van der Waals surface area contributed by atoms with Crippen LogP contribution in [-0.4, -0.2) is 22.7 Å². The summed E-state index contributed by atoms with van der Waals surface area (Å²) in [6.07, 6.45) is 17.9.